The van der Waals surface area contributed by atoms with Crippen molar-refractivity contribution in [1.29, 1.82) is 0 Å². The number of carbonyl (C=O) groups excluding carboxylic acids is 1. The van der Waals surface area contributed by atoms with Crippen molar-refractivity contribution >= 4 is 17.5 Å². The summed E-state index contributed by atoms with van der Waals surface area (Å²) in [6, 6.07) is 11.4. The number of likely N-dealkylation sites (N-methyl/N-ethyl adjacent to an activating group) is 1. The molecular weight excluding hydrogens is 312 g/mol. The van der Waals surface area contributed by atoms with Crippen LogP contribution in [0.15, 0.2) is 40.8 Å². The number of furan rings is 1. The van der Waals surface area contributed by atoms with Gasteiger partial charge in [0.1, 0.15) is 11.5 Å². The van der Waals surface area contributed by atoms with E-state index in [9.17, 15) is 4.79 Å². The van der Waals surface area contributed by atoms with E-state index >= 15 is 0 Å². The third-order valence-corrected chi connectivity index (χ3v) is 4.49. The highest BCUT2D eigenvalue weighted by Gasteiger charge is 2.25. The Labute approximate surface area is 141 Å². The zero-order chi connectivity index (χ0) is 16.2. The van der Waals surface area contributed by atoms with Gasteiger partial charge < -0.3 is 9.73 Å². The fourth-order valence-corrected chi connectivity index (χ4v) is 3.06. The van der Waals surface area contributed by atoms with Crippen LogP contribution in [0.3, 0.4) is 0 Å². The van der Waals surface area contributed by atoms with Crippen molar-refractivity contribution in [2.24, 2.45) is 0 Å². The van der Waals surface area contributed by atoms with Gasteiger partial charge in [-0.15, -0.1) is 0 Å². The summed E-state index contributed by atoms with van der Waals surface area (Å²) in [6.45, 7) is 1.40. The molecule has 0 saturated carbocycles. The molecule has 4 nitrogen and oxygen atoms in total. The van der Waals surface area contributed by atoms with E-state index in [0.29, 0.717) is 11.6 Å². The van der Waals surface area contributed by atoms with Crippen molar-refractivity contribution in [3.63, 3.8) is 0 Å². The minimum absolute atomic E-state index is 0.0819. The van der Waals surface area contributed by atoms with E-state index < -0.39 is 0 Å². The summed E-state index contributed by atoms with van der Waals surface area (Å²) in [7, 11) is 1.97. The zero-order valence-corrected chi connectivity index (χ0v) is 14.0. The standard InChI is InChI=1S/C18H21ClN2O2/c1-21(16-4-2-3-11-20-18(16)22)12-15-9-10-17(23-15)13-5-7-14(19)8-6-13/h5-10,16H,2-4,11-12H2,1H3,(H,20,22). The second-order valence-corrected chi connectivity index (χ2v) is 6.43. The molecule has 1 aromatic heterocycles. The zero-order valence-electron chi connectivity index (χ0n) is 13.2. The van der Waals surface area contributed by atoms with Crippen LogP contribution in [0.2, 0.25) is 5.02 Å². The average Bonchev–Trinajstić information content (AvgIpc) is 2.88. The van der Waals surface area contributed by atoms with Crippen molar-refractivity contribution in [2.45, 2.75) is 31.8 Å². The third kappa shape index (κ3) is 3.95. The maximum atomic E-state index is 12.1. The lowest BCUT2D eigenvalue weighted by Crippen LogP contribution is -2.43. The first kappa shape index (κ1) is 16.1. The van der Waals surface area contributed by atoms with Crippen molar-refractivity contribution < 1.29 is 9.21 Å². The summed E-state index contributed by atoms with van der Waals surface area (Å²) in [5, 5.41) is 3.68. The highest BCUT2D eigenvalue weighted by Crippen LogP contribution is 2.25. The predicted molar refractivity (Wildman–Crippen MR) is 91.3 cm³/mol. The molecule has 0 radical (unpaired) electrons. The van der Waals surface area contributed by atoms with Crippen molar-refractivity contribution in [2.75, 3.05) is 13.6 Å². The van der Waals surface area contributed by atoms with Crippen LogP contribution < -0.4 is 5.32 Å². The number of carbonyl (C=O) groups is 1. The number of halogens is 1. The molecule has 1 aliphatic rings. The van der Waals surface area contributed by atoms with Gasteiger partial charge in [0.15, 0.2) is 0 Å². The van der Waals surface area contributed by atoms with E-state index in [4.69, 9.17) is 16.0 Å². The second-order valence-electron chi connectivity index (χ2n) is 5.99. The number of nitrogens with zero attached hydrogens (tertiary/aromatic N) is 1. The second kappa shape index (κ2) is 7.20. The molecule has 2 aromatic rings. The predicted octanol–water partition coefficient (Wildman–Crippen LogP) is 3.70. The highest BCUT2D eigenvalue weighted by atomic mass is 35.5. The normalized spacial score (nSPS) is 18.7. The van der Waals surface area contributed by atoms with Crippen LogP contribution in [0.4, 0.5) is 0 Å². The van der Waals surface area contributed by atoms with Crippen LogP contribution in [0.25, 0.3) is 11.3 Å². The summed E-state index contributed by atoms with van der Waals surface area (Å²) in [5.74, 6) is 1.79. The molecule has 1 N–H and O–H groups in total. The molecule has 3 rings (SSSR count). The Morgan fingerprint density at radius 2 is 2.00 bits per heavy atom. The molecular formula is C18H21ClN2O2. The summed E-state index contributed by atoms with van der Waals surface area (Å²) >= 11 is 5.91. The largest absolute Gasteiger partial charge is 0.460 e. The van der Waals surface area contributed by atoms with Gasteiger partial charge in [0.2, 0.25) is 5.91 Å². The molecule has 5 heteroatoms. The van der Waals surface area contributed by atoms with E-state index in [1.54, 1.807) is 0 Å². The Hall–Kier alpha value is -1.78. The Bertz CT molecular complexity index is 666. The molecule has 1 fully saturated rings. The van der Waals surface area contributed by atoms with Gasteiger partial charge in [0.25, 0.3) is 0 Å². The maximum Gasteiger partial charge on any atom is 0.237 e. The van der Waals surface area contributed by atoms with Gasteiger partial charge in [-0.2, -0.15) is 0 Å². The number of rotatable bonds is 4. The number of benzene rings is 1. The summed E-state index contributed by atoms with van der Waals surface area (Å²) in [6.07, 6.45) is 3.02. The number of hydrogen-bond donors (Lipinski definition) is 1. The van der Waals surface area contributed by atoms with Crippen molar-refractivity contribution in [3.05, 3.63) is 47.2 Å². The smallest absolute Gasteiger partial charge is 0.237 e. The summed E-state index contributed by atoms with van der Waals surface area (Å²) in [5.41, 5.74) is 0.996. The first-order chi connectivity index (χ1) is 11.1. The highest BCUT2D eigenvalue weighted by molar-refractivity contribution is 6.30. The molecule has 0 spiro atoms. The van der Waals surface area contributed by atoms with Crippen LogP contribution in [0.1, 0.15) is 25.0 Å². The van der Waals surface area contributed by atoms with Gasteiger partial charge in [-0.3, -0.25) is 9.69 Å². The molecule has 1 amide bonds. The van der Waals surface area contributed by atoms with Crippen LogP contribution in [0.5, 0.6) is 0 Å². The van der Waals surface area contributed by atoms with Crippen LogP contribution >= 0.6 is 11.6 Å². The van der Waals surface area contributed by atoms with Crippen LogP contribution in [0, 0.1) is 0 Å². The van der Waals surface area contributed by atoms with Crippen molar-refractivity contribution in [3.8, 4) is 11.3 Å². The minimum Gasteiger partial charge on any atom is -0.460 e. The molecule has 1 unspecified atom stereocenters. The number of amides is 1. The van der Waals surface area contributed by atoms with E-state index in [0.717, 1.165) is 42.9 Å². The fourth-order valence-electron chi connectivity index (χ4n) is 2.93. The number of nitrogens with one attached hydrogen (secondary N) is 1. The Kier molecular flexibility index (Phi) is 5.03. The van der Waals surface area contributed by atoms with E-state index in [-0.39, 0.29) is 11.9 Å². The van der Waals surface area contributed by atoms with Gasteiger partial charge in [-0.25, -0.2) is 0 Å². The summed E-state index contributed by atoms with van der Waals surface area (Å²) in [4.78, 5) is 14.2. The molecule has 0 aliphatic carbocycles. The molecule has 1 aromatic carbocycles. The van der Waals surface area contributed by atoms with Gasteiger partial charge in [-0.05, 0) is 62.7 Å². The summed E-state index contributed by atoms with van der Waals surface area (Å²) < 4.78 is 5.92. The van der Waals surface area contributed by atoms with Gasteiger partial charge >= 0.3 is 0 Å². The Morgan fingerprint density at radius 1 is 1.22 bits per heavy atom. The van der Waals surface area contributed by atoms with Crippen molar-refractivity contribution in [1.82, 2.24) is 10.2 Å². The monoisotopic (exact) mass is 332 g/mol. The van der Waals surface area contributed by atoms with E-state index in [1.807, 2.05) is 43.4 Å². The van der Waals surface area contributed by atoms with Crippen LogP contribution in [-0.4, -0.2) is 30.4 Å². The van der Waals surface area contributed by atoms with Crippen LogP contribution in [-0.2, 0) is 11.3 Å². The van der Waals surface area contributed by atoms with Gasteiger partial charge in [-0.1, -0.05) is 11.6 Å². The van der Waals surface area contributed by atoms with E-state index in [1.165, 1.54) is 0 Å². The first-order valence-electron chi connectivity index (χ1n) is 7.96. The third-order valence-electron chi connectivity index (χ3n) is 4.23. The van der Waals surface area contributed by atoms with Gasteiger partial charge in [0, 0.05) is 17.1 Å². The molecule has 122 valence electrons. The Morgan fingerprint density at radius 3 is 2.78 bits per heavy atom. The quantitative estimate of drug-likeness (QED) is 0.928. The topological polar surface area (TPSA) is 45.5 Å². The Balaban J connectivity index is 1.68. The first-order valence-corrected chi connectivity index (χ1v) is 8.34. The molecule has 1 atom stereocenters. The minimum atomic E-state index is -0.0819. The molecule has 0 bridgehead atoms. The molecule has 1 aliphatic heterocycles. The maximum absolute atomic E-state index is 12.1. The lowest BCUT2D eigenvalue weighted by atomic mass is 10.1. The lowest BCUT2D eigenvalue weighted by Gasteiger charge is -2.24. The van der Waals surface area contributed by atoms with E-state index in [2.05, 4.69) is 10.2 Å². The molecule has 1 saturated heterocycles. The fraction of sp³-hybridized carbons (Fsp3) is 0.389. The molecule has 23 heavy (non-hydrogen) atoms. The van der Waals surface area contributed by atoms with Gasteiger partial charge in [0.05, 0.1) is 12.6 Å². The average molecular weight is 333 g/mol. The number of hydrogen-bond acceptors (Lipinski definition) is 3. The SMILES string of the molecule is CN(Cc1ccc(-c2ccc(Cl)cc2)o1)C1CCCCNC1=O. The lowest BCUT2D eigenvalue weighted by molar-refractivity contribution is -0.125. The molecule has 2 heterocycles.